The smallest absolute Gasteiger partial charge is 0.330 e. The number of methoxy groups -OCH3 is 2. The molecule has 1 fully saturated rings. The molecule has 0 aromatic heterocycles. The van der Waals surface area contributed by atoms with E-state index in [1.807, 2.05) is 24.3 Å². The second kappa shape index (κ2) is 7.49. The van der Waals surface area contributed by atoms with Crippen LogP contribution in [-0.4, -0.2) is 57.2 Å². The summed E-state index contributed by atoms with van der Waals surface area (Å²) in [6, 6.07) is 7.86. The summed E-state index contributed by atoms with van der Waals surface area (Å²) >= 11 is 0. The van der Waals surface area contributed by atoms with E-state index in [2.05, 4.69) is 9.64 Å². The van der Waals surface area contributed by atoms with Crippen molar-refractivity contribution in [1.29, 1.82) is 0 Å². The minimum Gasteiger partial charge on any atom is -0.497 e. The average Bonchev–Trinajstić information content (AvgIpc) is 2.59. The molecule has 22 heavy (non-hydrogen) atoms. The van der Waals surface area contributed by atoms with Gasteiger partial charge in [-0.15, -0.1) is 0 Å². The van der Waals surface area contributed by atoms with E-state index in [-0.39, 0.29) is 5.91 Å². The topological polar surface area (TPSA) is 59.1 Å². The maximum atomic E-state index is 11.9. The van der Waals surface area contributed by atoms with Crippen LogP contribution in [-0.2, 0) is 14.3 Å². The lowest BCUT2D eigenvalue weighted by molar-refractivity contribution is -0.135. The monoisotopic (exact) mass is 304 g/mol. The predicted octanol–water partition coefficient (Wildman–Crippen LogP) is 1.07. The van der Waals surface area contributed by atoms with Gasteiger partial charge in [-0.3, -0.25) is 4.79 Å². The highest BCUT2D eigenvalue weighted by Gasteiger charge is 2.20. The number of ether oxygens (including phenoxy) is 2. The Balaban J connectivity index is 1.88. The Morgan fingerprint density at radius 2 is 1.64 bits per heavy atom. The molecule has 0 aliphatic carbocycles. The maximum absolute atomic E-state index is 11.9. The van der Waals surface area contributed by atoms with Gasteiger partial charge in [0.25, 0.3) is 0 Å². The number of piperazine rings is 1. The molecule has 2 rings (SSSR count). The molecule has 0 unspecified atom stereocenters. The lowest BCUT2D eigenvalue weighted by Gasteiger charge is -2.35. The summed E-state index contributed by atoms with van der Waals surface area (Å²) in [5.41, 5.74) is 1.11. The van der Waals surface area contributed by atoms with Crippen molar-refractivity contribution in [1.82, 2.24) is 4.90 Å². The number of rotatable bonds is 4. The van der Waals surface area contributed by atoms with Crippen molar-refractivity contribution in [2.75, 3.05) is 45.3 Å². The van der Waals surface area contributed by atoms with Crippen LogP contribution >= 0.6 is 0 Å². The normalized spacial score (nSPS) is 15.0. The highest BCUT2D eigenvalue weighted by atomic mass is 16.5. The zero-order valence-corrected chi connectivity index (χ0v) is 12.8. The van der Waals surface area contributed by atoms with Gasteiger partial charge in [0.2, 0.25) is 5.91 Å². The number of carbonyl (C=O) groups is 2. The SMILES string of the molecule is COC(=O)C=CC(=O)N1CCN(c2ccc(OC)cc2)CC1. The van der Waals surface area contributed by atoms with Gasteiger partial charge in [-0.05, 0) is 24.3 Å². The van der Waals surface area contributed by atoms with Gasteiger partial charge in [0, 0.05) is 44.0 Å². The van der Waals surface area contributed by atoms with Crippen LogP contribution in [0, 0.1) is 0 Å². The molecule has 1 saturated heterocycles. The van der Waals surface area contributed by atoms with E-state index in [4.69, 9.17) is 4.74 Å². The molecule has 1 aromatic rings. The van der Waals surface area contributed by atoms with E-state index >= 15 is 0 Å². The molecule has 6 heteroatoms. The molecule has 0 spiro atoms. The van der Waals surface area contributed by atoms with Crippen molar-refractivity contribution in [2.45, 2.75) is 0 Å². The first kappa shape index (κ1) is 15.9. The van der Waals surface area contributed by atoms with Gasteiger partial charge in [0.05, 0.1) is 14.2 Å². The molecule has 118 valence electrons. The first-order valence-electron chi connectivity index (χ1n) is 7.08. The van der Waals surface area contributed by atoms with Gasteiger partial charge in [-0.2, -0.15) is 0 Å². The second-order valence-electron chi connectivity index (χ2n) is 4.87. The van der Waals surface area contributed by atoms with Gasteiger partial charge in [0.1, 0.15) is 5.75 Å². The molecule has 1 amide bonds. The molecule has 1 heterocycles. The molecule has 1 aliphatic rings. The van der Waals surface area contributed by atoms with Crippen LogP contribution in [0.25, 0.3) is 0 Å². The fourth-order valence-electron chi connectivity index (χ4n) is 2.29. The molecular weight excluding hydrogens is 284 g/mol. The minimum absolute atomic E-state index is 0.167. The lowest BCUT2D eigenvalue weighted by Crippen LogP contribution is -2.48. The molecule has 0 radical (unpaired) electrons. The number of hydrogen-bond acceptors (Lipinski definition) is 5. The molecule has 0 bridgehead atoms. The number of carbonyl (C=O) groups excluding carboxylic acids is 2. The van der Waals surface area contributed by atoms with Crippen molar-refractivity contribution >= 4 is 17.6 Å². The van der Waals surface area contributed by atoms with E-state index in [9.17, 15) is 9.59 Å². The Kier molecular flexibility index (Phi) is 5.41. The zero-order chi connectivity index (χ0) is 15.9. The van der Waals surface area contributed by atoms with E-state index in [0.717, 1.165) is 30.6 Å². The zero-order valence-electron chi connectivity index (χ0n) is 12.8. The fraction of sp³-hybridized carbons (Fsp3) is 0.375. The molecule has 1 aromatic carbocycles. The molecule has 6 nitrogen and oxygen atoms in total. The Bertz CT molecular complexity index is 546. The van der Waals surface area contributed by atoms with Crippen LogP contribution in [0.2, 0.25) is 0 Å². The van der Waals surface area contributed by atoms with Crippen LogP contribution in [0.5, 0.6) is 5.75 Å². The van der Waals surface area contributed by atoms with Crippen molar-refractivity contribution in [3.63, 3.8) is 0 Å². The summed E-state index contributed by atoms with van der Waals surface area (Å²) in [6.45, 7) is 2.75. The number of hydrogen-bond donors (Lipinski definition) is 0. The Morgan fingerprint density at radius 3 is 2.18 bits per heavy atom. The predicted molar refractivity (Wildman–Crippen MR) is 82.9 cm³/mol. The summed E-state index contributed by atoms with van der Waals surface area (Å²) in [5.74, 6) is 0.135. The molecule has 0 N–H and O–H groups in total. The van der Waals surface area contributed by atoms with Crippen molar-refractivity contribution in [3.05, 3.63) is 36.4 Å². The standard InChI is InChI=1S/C16H20N2O4/c1-21-14-5-3-13(4-6-14)17-9-11-18(12-10-17)15(19)7-8-16(20)22-2/h3-8H,9-12H2,1-2H3. The number of nitrogens with zero attached hydrogens (tertiary/aromatic N) is 2. The van der Waals surface area contributed by atoms with Crippen molar-refractivity contribution < 1.29 is 19.1 Å². The van der Waals surface area contributed by atoms with Gasteiger partial charge in [-0.25, -0.2) is 4.79 Å². The summed E-state index contributed by atoms with van der Waals surface area (Å²) in [4.78, 5) is 26.9. The third-order valence-electron chi connectivity index (χ3n) is 3.59. The highest BCUT2D eigenvalue weighted by molar-refractivity contribution is 5.94. The first-order valence-corrected chi connectivity index (χ1v) is 7.08. The van der Waals surface area contributed by atoms with E-state index in [1.165, 1.54) is 13.2 Å². The Morgan fingerprint density at radius 1 is 1.00 bits per heavy atom. The average molecular weight is 304 g/mol. The van der Waals surface area contributed by atoms with Gasteiger partial charge in [-0.1, -0.05) is 0 Å². The number of amides is 1. The largest absolute Gasteiger partial charge is 0.497 e. The third kappa shape index (κ3) is 4.00. The van der Waals surface area contributed by atoms with Crippen LogP contribution in [0.3, 0.4) is 0 Å². The van der Waals surface area contributed by atoms with E-state index < -0.39 is 5.97 Å². The highest BCUT2D eigenvalue weighted by Crippen LogP contribution is 2.20. The van der Waals surface area contributed by atoms with E-state index in [0.29, 0.717) is 13.1 Å². The minimum atomic E-state index is -0.523. The summed E-state index contributed by atoms with van der Waals surface area (Å²) in [7, 11) is 2.92. The first-order chi connectivity index (χ1) is 10.6. The molecule has 1 aliphatic heterocycles. The summed E-state index contributed by atoms with van der Waals surface area (Å²) in [5, 5.41) is 0. The fourth-order valence-corrected chi connectivity index (χ4v) is 2.29. The van der Waals surface area contributed by atoms with Gasteiger partial charge in [0.15, 0.2) is 0 Å². The number of esters is 1. The molecular formula is C16H20N2O4. The number of benzene rings is 1. The van der Waals surface area contributed by atoms with Crippen LogP contribution in [0.4, 0.5) is 5.69 Å². The van der Waals surface area contributed by atoms with Gasteiger partial charge >= 0.3 is 5.97 Å². The second-order valence-corrected chi connectivity index (χ2v) is 4.87. The molecule has 0 saturated carbocycles. The van der Waals surface area contributed by atoms with E-state index in [1.54, 1.807) is 12.0 Å². The Hall–Kier alpha value is -2.50. The van der Waals surface area contributed by atoms with Crippen molar-refractivity contribution in [2.24, 2.45) is 0 Å². The van der Waals surface area contributed by atoms with Crippen LogP contribution in [0.15, 0.2) is 36.4 Å². The summed E-state index contributed by atoms with van der Waals surface area (Å²) < 4.78 is 9.61. The molecule has 0 atom stereocenters. The quantitative estimate of drug-likeness (QED) is 0.615. The van der Waals surface area contributed by atoms with Crippen molar-refractivity contribution in [3.8, 4) is 5.75 Å². The summed E-state index contributed by atoms with van der Waals surface area (Å²) in [6.07, 6.45) is 2.41. The third-order valence-corrected chi connectivity index (χ3v) is 3.59. The van der Waals surface area contributed by atoms with Gasteiger partial charge < -0.3 is 19.3 Å². The van der Waals surface area contributed by atoms with Crippen LogP contribution < -0.4 is 9.64 Å². The number of anilines is 1. The lowest BCUT2D eigenvalue weighted by atomic mass is 10.2. The van der Waals surface area contributed by atoms with Crippen LogP contribution in [0.1, 0.15) is 0 Å². The Labute approximate surface area is 129 Å². The maximum Gasteiger partial charge on any atom is 0.330 e.